The van der Waals surface area contributed by atoms with Gasteiger partial charge in [-0.1, -0.05) is 0 Å². The molecule has 0 saturated heterocycles. The normalized spacial score (nSPS) is 10.1. The first-order chi connectivity index (χ1) is 6.69. The molecule has 1 aromatic rings. The van der Waals surface area contributed by atoms with E-state index in [1.807, 2.05) is 0 Å². The van der Waals surface area contributed by atoms with Gasteiger partial charge in [-0.15, -0.1) is 0 Å². The minimum Gasteiger partial charge on any atom is -0.508 e. The van der Waals surface area contributed by atoms with Gasteiger partial charge in [0.05, 0.1) is 7.11 Å². The molecule has 0 fully saturated rings. The summed E-state index contributed by atoms with van der Waals surface area (Å²) in [6, 6.07) is 2.91. The number of phenols is 2. The van der Waals surface area contributed by atoms with Crippen molar-refractivity contribution >= 4 is 0 Å². The van der Waals surface area contributed by atoms with Gasteiger partial charge in [0.25, 0.3) is 0 Å². The smallest absolute Gasteiger partial charge is 0.161 e. The van der Waals surface area contributed by atoms with E-state index in [4.69, 9.17) is 10.5 Å². The highest BCUT2D eigenvalue weighted by Crippen LogP contribution is 2.33. The van der Waals surface area contributed by atoms with E-state index in [2.05, 4.69) is 0 Å². The first-order valence-corrected chi connectivity index (χ1v) is 4.48. The Morgan fingerprint density at radius 2 is 2.00 bits per heavy atom. The summed E-state index contributed by atoms with van der Waals surface area (Å²) in [7, 11) is 1.47. The van der Waals surface area contributed by atoms with Gasteiger partial charge in [0.15, 0.2) is 11.5 Å². The molecule has 0 aromatic heterocycles. The van der Waals surface area contributed by atoms with Crippen LogP contribution >= 0.6 is 0 Å². The van der Waals surface area contributed by atoms with E-state index in [9.17, 15) is 10.2 Å². The number of methoxy groups -OCH3 is 1. The molecule has 1 rings (SSSR count). The molecule has 0 heterocycles. The van der Waals surface area contributed by atoms with E-state index in [-0.39, 0.29) is 11.5 Å². The Bertz CT molecular complexity index is 312. The fourth-order valence-corrected chi connectivity index (χ4v) is 1.26. The lowest BCUT2D eigenvalue weighted by Gasteiger charge is -2.08. The highest BCUT2D eigenvalue weighted by atomic mass is 16.5. The quantitative estimate of drug-likeness (QED) is 0.673. The highest BCUT2D eigenvalue weighted by molar-refractivity contribution is 5.49. The van der Waals surface area contributed by atoms with Crippen LogP contribution in [0.4, 0.5) is 0 Å². The summed E-state index contributed by atoms with van der Waals surface area (Å²) in [5, 5.41) is 18.8. The molecule has 1 aromatic carbocycles. The van der Waals surface area contributed by atoms with Gasteiger partial charge in [-0.2, -0.15) is 0 Å². The minimum absolute atomic E-state index is 0.0542. The SMILES string of the molecule is COc1cc(CCCN)c(O)cc1O. The predicted molar refractivity (Wildman–Crippen MR) is 53.7 cm³/mol. The first-order valence-electron chi connectivity index (χ1n) is 4.48. The van der Waals surface area contributed by atoms with Crippen molar-refractivity contribution in [2.45, 2.75) is 12.8 Å². The van der Waals surface area contributed by atoms with Gasteiger partial charge in [-0.05, 0) is 31.0 Å². The number of aryl methyl sites for hydroxylation is 1. The third kappa shape index (κ3) is 2.29. The highest BCUT2D eigenvalue weighted by Gasteiger charge is 2.08. The summed E-state index contributed by atoms with van der Waals surface area (Å²) in [5.74, 6) is 0.396. The van der Waals surface area contributed by atoms with Crippen molar-refractivity contribution in [2.24, 2.45) is 5.73 Å². The molecule has 4 nitrogen and oxygen atoms in total. The molecule has 78 valence electrons. The van der Waals surface area contributed by atoms with Crippen molar-refractivity contribution in [3.8, 4) is 17.2 Å². The molecule has 0 aliphatic rings. The van der Waals surface area contributed by atoms with E-state index in [0.717, 1.165) is 12.0 Å². The van der Waals surface area contributed by atoms with E-state index in [1.54, 1.807) is 6.07 Å². The van der Waals surface area contributed by atoms with Crippen LogP contribution in [-0.4, -0.2) is 23.9 Å². The topological polar surface area (TPSA) is 75.7 Å². The van der Waals surface area contributed by atoms with Crippen LogP contribution in [0.2, 0.25) is 0 Å². The summed E-state index contributed by atoms with van der Waals surface area (Å²) in [4.78, 5) is 0. The molecule has 4 N–H and O–H groups in total. The fraction of sp³-hybridized carbons (Fsp3) is 0.400. The molecule has 0 saturated carbocycles. The van der Waals surface area contributed by atoms with E-state index in [0.29, 0.717) is 18.7 Å². The van der Waals surface area contributed by atoms with Crippen molar-refractivity contribution < 1.29 is 14.9 Å². The molecule has 0 aliphatic heterocycles. The predicted octanol–water partition coefficient (Wildman–Crippen LogP) is 0.998. The Balaban J connectivity index is 2.92. The molecule has 0 spiro atoms. The van der Waals surface area contributed by atoms with Crippen molar-refractivity contribution in [1.82, 2.24) is 0 Å². The van der Waals surface area contributed by atoms with Crippen molar-refractivity contribution in [3.05, 3.63) is 17.7 Å². The maximum Gasteiger partial charge on any atom is 0.161 e. The molecule has 0 bridgehead atoms. The number of nitrogens with two attached hydrogens (primary N) is 1. The number of rotatable bonds is 4. The Kier molecular flexibility index (Phi) is 3.59. The van der Waals surface area contributed by atoms with Crippen LogP contribution in [0.15, 0.2) is 12.1 Å². The van der Waals surface area contributed by atoms with Crippen molar-refractivity contribution in [2.75, 3.05) is 13.7 Å². The summed E-state index contributed by atoms with van der Waals surface area (Å²) < 4.78 is 4.93. The number of phenolic OH excluding ortho intramolecular Hbond substituents is 2. The molecular weight excluding hydrogens is 182 g/mol. The summed E-state index contributed by atoms with van der Waals surface area (Å²) in [5.41, 5.74) is 6.11. The van der Waals surface area contributed by atoms with Crippen LogP contribution in [0.1, 0.15) is 12.0 Å². The van der Waals surface area contributed by atoms with Gasteiger partial charge >= 0.3 is 0 Å². The lowest BCUT2D eigenvalue weighted by Crippen LogP contribution is -2.00. The van der Waals surface area contributed by atoms with Gasteiger partial charge in [-0.3, -0.25) is 0 Å². The Labute approximate surface area is 82.9 Å². The standard InChI is InChI=1S/C10H15NO3/c1-14-10-5-7(3-2-4-11)8(12)6-9(10)13/h5-6,12-13H,2-4,11H2,1H3. The molecule has 0 amide bonds. The average Bonchev–Trinajstić information content (AvgIpc) is 2.17. The third-order valence-corrected chi connectivity index (χ3v) is 2.03. The van der Waals surface area contributed by atoms with Gasteiger partial charge in [0.2, 0.25) is 0 Å². The van der Waals surface area contributed by atoms with Crippen LogP contribution in [0, 0.1) is 0 Å². The summed E-state index contributed by atoms with van der Waals surface area (Å²) in [6.45, 7) is 0.572. The largest absolute Gasteiger partial charge is 0.508 e. The van der Waals surface area contributed by atoms with Crippen LogP contribution < -0.4 is 10.5 Å². The number of hydrogen-bond acceptors (Lipinski definition) is 4. The number of hydrogen-bond donors (Lipinski definition) is 3. The van der Waals surface area contributed by atoms with Crippen LogP contribution in [0.5, 0.6) is 17.2 Å². The fourth-order valence-electron chi connectivity index (χ4n) is 1.26. The second kappa shape index (κ2) is 4.72. The van der Waals surface area contributed by atoms with E-state index < -0.39 is 0 Å². The van der Waals surface area contributed by atoms with Crippen LogP contribution in [-0.2, 0) is 6.42 Å². The Hall–Kier alpha value is -1.42. The molecule has 0 radical (unpaired) electrons. The molecule has 14 heavy (non-hydrogen) atoms. The monoisotopic (exact) mass is 197 g/mol. The maximum atomic E-state index is 9.48. The van der Waals surface area contributed by atoms with Gasteiger partial charge in [0.1, 0.15) is 5.75 Å². The van der Waals surface area contributed by atoms with Gasteiger partial charge in [-0.25, -0.2) is 0 Å². The van der Waals surface area contributed by atoms with Gasteiger partial charge in [0, 0.05) is 6.07 Å². The Morgan fingerprint density at radius 1 is 1.29 bits per heavy atom. The zero-order valence-electron chi connectivity index (χ0n) is 8.16. The lowest BCUT2D eigenvalue weighted by atomic mass is 10.1. The van der Waals surface area contributed by atoms with Gasteiger partial charge < -0.3 is 20.7 Å². The lowest BCUT2D eigenvalue weighted by molar-refractivity contribution is 0.368. The Morgan fingerprint density at radius 3 is 2.57 bits per heavy atom. The third-order valence-electron chi connectivity index (χ3n) is 2.03. The molecule has 0 atom stereocenters. The zero-order chi connectivity index (χ0) is 10.6. The molecule has 0 aliphatic carbocycles. The van der Waals surface area contributed by atoms with E-state index in [1.165, 1.54) is 13.2 Å². The van der Waals surface area contributed by atoms with Crippen molar-refractivity contribution in [1.29, 1.82) is 0 Å². The second-order valence-electron chi connectivity index (χ2n) is 3.04. The van der Waals surface area contributed by atoms with E-state index >= 15 is 0 Å². The van der Waals surface area contributed by atoms with Crippen molar-refractivity contribution in [3.63, 3.8) is 0 Å². The average molecular weight is 197 g/mol. The van der Waals surface area contributed by atoms with Crippen LogP contribution in [0.25, 0.3) is 0 Å². The minimum atomic E-state index is -0.0542. The van der Waals surface area contributed by atoms with Crippen LogP contribution in [0.3, 0.4) is 0 Å². The first kappa shape index (κ1) is 10.7. The number of ether oxygens (including phenoxy) is 1. The number of benzene rings is 1. The molecular formula is C10H15NO3. The maximum absolute atomic E-state index is 9.48. The summed E-state index contributed by atoms with van der Waals surface area (Å²) >= 11 is 0. The summed E-state index contributed by atoms with van der Waals surface area (Å²) in [6.07, 6.45) is 1.47. The molecule has 0 unspecified atom stereocenters. The zero-order valence-corrected chi connectivity index (χ0v) is 8.16. The second-order valence-corrected chi connectivity index (χ2v) is 3.04. The molecule has 4 heteroatoms. The number of aromatic hydroxyl groups is 2.